The molecule has 1 amide bonds. The molecule has 0 heterocycles. The lowest BCUT2D eigenvalue weighted by atomic mass is 10.2. The molecule has 0 aliphatic carbocycles. The van der Waals surface area contributed by atoms with Crippen LogP contribution in [-0.2, 0) is 15.3 Å². The zero-order valence-corrected chi connectivity index (χ0v) is 14.4. The van der Waals surface area contributed by atoms with E-state index in [2.05, 4.69) is 10.1 Å². The summed E-state index contributed by atoms with van der Waals surface area (Å²) in [7, 11) is 1.29. The lowest BCUT2D eigenvalue weighted by Crippen LogP contribution is -2.14. The van der Waals surface area contributed by atoms with Crippen molar-refractivity contribution in [3.63, 3.8) is 0 Å². The Balaban J connectivity index is 1.86. The third kappa shape index (κ3) is 5.25. The highest BCUT2D eigenvalue weighted by Crippen LogP contribution is 2.20. The Kier molecular flexibility index (Phi) is 6.63. The average Bonchev–Trinajstić information content (AvgIpc) is 2.56. The summed E-state index contributed by atoms with van der Waals surface area (Å²) in [6.45, 7) is 0. The summed E-state index contributed by atoms with van der Waals surface area (Å²) in [4.78, 5) is 23.4. The van der Waals surface area contributed by atoms with Crippen molar-refractivity contribution in [1.82, 2.24) is 0 Å². The standard InChI is InChI=1S/C17H15ClFNO3S/c1-23-17(22)11-3-2-4-14(7-11)20-16(21)10-24-9-12-5-6-13(18)8-15(12)19/h2-8H,9-10H2,1H3,(H,20,21). The van der Waals surface area contributed by atoms with E-state index in [0.717, 1.165) is 0 Å². The van der Waals surface area contributed by atoms with Gasteiger partial charge >= 0.3 is 5.97 Å². The highest BCUT2D eigenvalue weighted by atomic mass is 35.5. The minimum atomic E-state index is -0.473. The number of ether oxygens (including phenoxy) is 1. The van der Waals surface area contributed by atoms with Gasteiger partial charge in [0, 0.05) is 16.5 Å². The van der Waals surface area contributed by atoms with Crippen LogP contribution in [-0.4, -0.2) is 24.7 Å². The molecule has 0 saturated heterocycles. The van der Waals surface area contributed by atoms with Crippen LogP contribution in [0.4, 0.5) is 10.1 Å². The molecule has 0 atom stereocenters. The topological polar surface area (TPSA) is 55.4 Å². The van der Waals surface area contributed by atoms with Crippen molar-refractivity contribution in [2.24, 2.45) is 0 Å². The molecule has 1 N–H and O–H groups in total. The fourth-order valence-corrected chi connectivity index (χ4v) is 2.90. The van der Waals surface area contributed by atoms with Gasteiger partial charge < -0.3 is 10.1 Å². The van der Waals surface area contributed by atoms with E-state index in [0.29, 0.717) is 27.6 Å². The molecule has 24 heavy (non-hydrogen) atoms. The van der Waals surface area contributed by atoms with Crippen LogP contribution in [0.3, 0.4) is 0 Å². The minimum Gasteiger partial charge on any atom is -0.465 e. The first-order valence-electron chi connectivity index (χ1n) is 6.99. The van der Waals surface area contributed by atoms with E-state index in [1.54, 1.807) is 30.3 Å². The first-order chi connectivity index (χ1) is 11.5. The Labute approximate surface area is 148 Å². The summed E-state index contributed by atoms with van der Waals surface area (Å²) in [6, 6.07) is 10.9. The van der Waals surface area contributed by atoms with E-state index < -0.39 is 5.97 Å². The molecule has 0 bridgehead atoms. The average molecular weight is 368 g/mol. The van der Waals surface area contributed by atoms with E-state index in [4.69, 9.17) is 11.6 Å². The smallest absolute Gasteiger partial charge is 0.337 e. The van der Waals surface area contributed by atoms with Crippen LogP contribution in [0.15, 0.2) is 42.5 Å². The summed E-state index contributed by atoms with van der Waals surface area (Å²) in [6.07, 6.45) is 0. The van der Waals surface area contributed by atoms with Crippen molar-refractivity contribution >= 4 is 40.9 Å². The normalized spacial score (nSPS) is 10.3. The number of carbonyl (C=O) groups excluding carboxylic acids is 2. The molecule has 0 aromatic heterocycles. The van der Waals surface area contributed by atoms with Crippen LogP contribution >= 0.6 is 23.4 Å². The second-order valence-electron chi connectivity index (χ2n) is 4.85. The van der Waals surface area contributed by atoms with Crippen LogP contribution in [0.2, 0.25) is 5.02 Å². The van der Waals surface area contributed by atoms with Crippen LogP contribution < -0.4 is 5.32 Å². The summed E-state index contributed by atoms with van der Waals surface area (Å²) in [5, 5.41) is 3.03. The minimum absolute atomic E-state index is 0.157. The number of benzene rings is 2. The van der Waals surface area contributed by atoms with Crippen molar-refractivity contribution in [3.05, 3.63) is 64.4 Å². The summed E-state index contributed by atoms with van der Waals surface area (Å²) >= 11 is 6.98. The Morgan fingerprint density at radius 2 is 2.04 bits per heavy atom. The number of esters is 1. The fraction of sp³-hybridized carbons (Fsp3) is 0.176. The third-order valence-corrected chi connectivity index (χ3v) is 4.29. The Hall–Kier alpha value is -2.05. The maximum Gasteiger partial charge on any atom is 0.337 e. The van der Waals surface area contributed by atoms with Gasteiger partial charge in [0.2, 0.25) is 5.91 Å². The van der Waals surface area contributed by atoms with Crippen molar-refractivity contribution in [1.29, 1.82) is 0 Å². The third-order valence-electron chi connectivity index (χ3n) is 3.07. The zero-order chi connectivity index (χ0) is 17.5. The quantitative estimate of drug-likeness (QED) is 0.780. The number of methoxy groups -OCH3 is 1. The zero-order valence-electron chi connectivity index (χ0n) is 12.8. The summed E-state index contributed by atoms with van der Waals surface area (Å²) < 4.78 is 18.3. The number of nitrogens with one attached hydrogen (secondary N) is 1. The SMILES string of the molecule is COC(=O)c1cccc(NC(=O)CSCc2ccc(Cl)cc2F)c1. The first-order valence-corrected chi connectivity index (χ1v) is 8.53. The Morgan fingerprint density at radius 1 is 1.25 bits per heavy atom. The molecule has 2 aromatic carbocycles. The van der Waals surface area contributed by atoms with Gasteiger partial charge in [-0.2, -0.15) is 0 Å². The van der Waals surface area contributed by atoms with E-state index in [1.165, 1.54) is 31.0 Å². The number of halogens is 2. The number of carbonyl (C=O) groups is 2. The highest BCUT2D eigenvalue weighted by Gasteiger charge is 2.09. The second-order valence-corrected chi connectivity index (χ2v) is 6.27. The molecule has 0 aliphatic heterocycles. The lowest BCUT2D eigenvalue weighted by molar-refractivity contribution is -0.113. The summed E-state index contributed by atoms with van der Waals surface area (Å²) in [5.41, 5.74) is 1.34. The van der Waals surface area contributed by atoms with E-state index in [-0.39, 0.29) is 17.5 Å². The predicted molar refractivity (Wildman–Crippen MR) is 94.0 cm³/mol. The predicted octanol–water partition coefficient (Wildman–Crippen LogP) is 4.14. The van der Waals surface area contributed by atoms with Gasteiger partial charge in [-0.15, -0.1) is 11.8 Å². The van der Waals surface area contributed by atoms with E-state index >= 15 is 0 Å². The van der Waals surface area contributed by atoms with Crippen LogP contribution in [0.1, 0.15) is 15.9 Å². The number of anilines is 1. The van der Waals surface area contributed by atoms with Gasteiger partial charge in [-0.25, -0.2) is 9.18 Å². The van der Waals surface area contributed by atoms with Crippen LogP contribution in [0.25, 0.3) is 0 Å². The molecule has 0 fully saturated rings. The Bertz CT molecular complexity index is 754. The Morgan fingerprint density at radius 3 is 2.75 bits per heavy atom. The molecule has 0 aliphatic rings. The van der Waals surface area contributed by atoms with Gasteiger partial charge in [0.15, 0.2) is 0 Å². The highest BCUT2D eigenvalue weighted by molar-refractivity contribution is 7.99. The largest absolute Gasteiger partial charge is 0.465 e. The van der Waals surface area contributed by atoms with Crippen molar-refractivity contribution in [3.8, 4) is 0 Å². The number of amides is 1. The summed E-state index contributed by atoms with van der Waals surface area (Å²) in [5.74, 6) is -0.584. The van der Waals surface area contributed by atoms with Crippen molar-refractivity contribution in [2.75, 3.05) is 18.2 Å². The molecular formula is C17H15ClFNO3S. The molecule has 2 aromatic rings. The molecule has 7 heteroatoms. The molecule has 2 rings (SSSR count). The van der Waals surface area contributed by atoms with Gasteiger partial charge in [-0.1, -0.05) is 23.7 Å². The molecule has 0 saturated carbocycles. The maximum atomic E-state index is 13.6. The first kappa shape index (κ1) is 18.3. The van der Waals surface area contributed by atoms with Gasteiger partial charge in [0.1, 0.15) is 5.82 Å². The van der Waals surface area contributed by atoms with Crippen molar-refractivity contribution < 1.29 is 18.7 Å². The molecular weight excluding hydrogens is 353 g/mol. The van der Waals surface area contributed by atoms with Crippen molar-refractivity contribution in [2.45, 2.75) is 5.75 Å². The second kappa shape index (κ2) is 8.70. The monoisotopic (exact) mass is 367 g/mol. The van der Waals surface area contributed by atoms with E-state index in [9.17, 15) is 14.0 Å². The van der Waals surface area contributed by atoms with Gasteiger partial charge in [0.05, 0.1) is 18.4 Å². The number of hydrogen-bond acceptors (Lipinski definition) is 4. The fourth-order valence-electron chi connectivity index (χ4n) is 1.93. The number of thioether (sulfide) groups is 1. The molecule has 126 valence electrons. The molecule has 0 radical (unpaired) electrons. The van der Waals surface area contributed by atoms with Gasteiger partial charge in [0.25, 0.3) is 0 Å². The van der Waals surface area contributed by atoms with Gasteiger partial charge in [-0.3, -0.25) is 4.79 Å². The van der Waals surface area contributed by atoms with Crippen LogP contribution in [0, 0.1) is 5.82 Å². The number of hydrogen-bond donors (Lipinski definition) is 1. The van der Waals surface area contributed by atoms with E-state index in [1.807, 2.05) is 0 Å². The lowest BCUT2D eigenvalue weighted by Gasteiger charge is -2.07. The molecule has 0 unspecified atom stereocenters. The maximum absolute atomic E-state index is 13.6. The van der Waals surface area contributed by atoms with Crippen LogP contribution in [0.5, 0.6) is 0 Å². The molecule has 0 spiro atoms. The van der Waals surface area contributed by atoms with Gasteiger partial charge in [-0.05, 0) is 35.9 Å². The number of rotatable bonds is 6. The molecule has 4 nitrogen and oxygen atoms in total.